The average Bonchev–Trinajstić information content (AvgIpc) is 2.69. The summed E-state index contributed by atoms with van der Waals surface area (Å²) in [5.41, 5.74) is 1.05. The number of hydrogen-bond acceptors (Lipinski definition) is 5. The number of esters is 1. The van der Waals surface area contributed by atoms with Gasteiger partial charge in [0.15, 0.2) is 5.96 Å². The number of anilines is 1. The smallest absolute Gasteiger partial charge is 0.309 e. The van der Waals surface area contributed by atoms with E-state index < -0.39 is 0 Å². The Morgan fingerprint density at radius 3 is 2.59 bits per heavy atom. The summed E-state index contributed by atoms with van der Waals surface area (Å²) in [5.74, 6) is 1.08. The fourth-order valence-corrected chi connectivity index (χ4v) is 3.02. The minimum Gasteiger partial charge on any atom is -0.466 e. The number of pyridine rings is 1. The van der Waals surface area contributed by atoms with E-state index in [1.165, 1.54) is 0 Å². The molecule has 0 unspecified atom stereocenters. The maximum absolute atomic E-state index is 12.1. The summed E-state index contributed by atoms with van der Waals surface area (Å²) in [7, 11) is 0. The number of amides is 1. The minimum atomic E-state index is -0.114. The van der Waals surface area contributed by atoms with Crippen LogP contribution in [-0.2, 0) is 14.3 Å². The van der Waals surface area contributed by atoms with Crippen molar-refractivity contribution >= 4 is 47.6 Å². The third kappa shape index (κ3) is 8.55. The van der Waals surface area contributed by atoms with Gasteiger partial charge in [0.1, 0.15) is 5.82 Å². The van der Waals surface area contributed by atoms with Crippen LogP contribution in [0.15, 0.2) is 23.3 Å². The molecule has 0 atom stereocenters. The van der Waals surface area contributed by atoms with Crippen LogP contribution < -0.4 is 10.6 Å². The monoisotopic (exact) mass is 517 g/mol. The first-order valence-electron chi connectivity index (χ1n) is 9.95. The molecular formula is C20H32IN5O3. The van der Waals surface area contributed by atoms with E-state index in [9.17, 15) is 9.59 Å². The summed E-state index contributed by atoms with van der Waals surface area (Å²) in [5, 5.41) is 6.05. The van der Waals surface area contributed by atoms with Gasteiger partial charge in [-0.25, -0.2) is 4.98 Å². The molecule has 0 aromatic carbocycles. The fraction of sp³-hybridized carbons (Fsp3) is 0.600. The van der Waals surface area contributed by atoms with Gasteiger partial charge in [0.25, 0.3) is 0 Å². The summed E-state index contributed by atoms with van der Waals surface area (Å²) < 4.78 is 5.12. The van der Waals surface area contributed by atoms with E-state index >= 15 is 0 Å². The number of halogens is 1. The average molecular weight is 517 g/mol. The summed E-state index contributed by atoms with van der Waals surface area (Å²) in [4.78, 5) is 34.8. The number of guanidine groups is 1. The lowest BCUT2D eigenvalue weighted by molar-refractivity contribution is -0.149. The number of aryl methyl sites for hydroxylation is 1. The lowest BCUT2D eigenvalue weighted by Crippen LogP contribution is -2.46. The largest absolute Gasteiger partial charge is 0.466 e. The second-order valence-corrected chi connectivity index (χ2v) is 6.77. The van der Waals surface area contributed by atoms with E-state index in [1.807, 2.05) is 26.8 Å². The highest BCUT2D eigenvalue weighted by atomic mass is 127. The van der Waals surface area contributed by atoms with Gasteiger partial charge in [-0.15, -0.1) is 24.0 Å². The van der Waals surface area contributed by atoms with Gasteiger partial charge in [-0.05, 0) is 45.2 Å². The zero-order valence-electron chi connectivity index (χ0n) is 17.4. The molecule has 1 fully saturated rings. The number of likely N-dealkylation sites (tertiary alicyclic amines) is 1. The van der Waals surface area contributed by atoms with Gasteiger partial charge in [0.05, 0.1) is 19.1 Å². The Balaban J connectivity index is 0.00000420. The molecule has 1 aromatic heterocycles. The van der Waals surface area contributed by atoms with Crippen molar-refractivity contribution in [3.8, 4) is 0 Å². The first-order valence-corrected chi connectivity index (χ1v) is 9.95. The van der Waals surface area contributed by atoms with E-state index in [1.54, 1.807) is 12.3 Å². The fourth-order valence-electron chi connectivity index (χ4n) is 3.02. The molecule has 1 amide bonds. The third-order valence-corrected chi connectivity index (χ3v) is 4.53. The van der Waals surface area contributed by atoms with Gasteiger partial charge < -0.3 is 20.3 Å². The molecule has 162 valence electrons. The Morgan fingerprint density at radius 1 is 1.28 bits per heavy atom. The number of ether oxygens (including phenoxy) is 1. The Hall–Kier alpha value is -1.91. The van der Waals surface area contributed by atoms with Crippen molar-refractivity contribution in [3.05, 3.63) is 23.9 Å². The highest BCUT2D eigenvalue weighted by molar-refractivity contribution is 14.0. The molecule has 0 radical (unpaired) electrons. The van der Waals surface area contributed by atoms with Crippen molar-refractivity contribution in [1.29, 1.82) is 0 Å². The molecule has 1 aliphatic heterocycles. The Kier molecular flexibility index (Phi) is 11.6. The van der Waals surface area contributed by atoms with E-state index in [4.69, 9.17) is 4.74 Å². The summed E-state index contributed by atoms with van der Waals surface area (Å²) in [6.07, 6.45) is 3.51. The molecule has 1 saturated heterocycles. The van der Waals surface area contributed by atoms with Crippen LogP contribution in [0.25, 0.3) is 0 Å². The van der Waals surface area contributed by atoms with Crippen LogP contribution in [0.5, 0.6) is 0 Å². The van der Waals surface area contributed by atoms with Crippen molar-refractivity contribution in [3.63, 3.8) is 0 Å². The van der Waals surface area contributed by atoms with E-state index in [2.05, 4.69) is 25.5 Å². The number of aliphatic imine (C=N–C) groups is 1. The summed E-state index contributed by atoms with van der Waals surface area (Å²) in [6, 6.07) is 3.69. The van der Waals surface area contributed by atoms with Crippen molar-refractivity contribution in [1.82, 2.24) is 15.2 Å². The number of hydrogen-bond donors (Lipinski definition) is 2. The molecule has 0 spiro atoms. The van der Waals surface area contributed by atoms with E-state index in [-0.39, 0.29) is 48.2 Å². The van der Waals surface area contributed by atoms with Gasteiger partial charge in [0, 0.05) is 32.3 Å². The molecule has 1 aromatic rings. The van der Waals surface area contributed by atoms with E-state index in [0.717, 1.165) is 44.0 Å². The van der Waals surface area contributed by atoms with Gasteiger partial charge in [-0.2, -0.15) is 0 Å². The zero-order chi connectivity index (χ0) is 20.4. The van der Waals surface area contributed by atoms with Crippen LogP contribution in [0.3, 0.4) is 0 Å². The highest BCUT2D eigenvalue weighted by Gasteiger charge is 2.27. The van der Waals surface area contributed by atoms with Crippen molar-refractivity contribution in [2.24, 2.45) is 10.9 Å². The summed E-state index contributed by atoms with van der Waals surface area (Å²) in [6.45, 7) is 8.83. The number of aromatic nitrogens is 1. The maximum Gasteiger partial charge on any atom is 0.309 e. The Labute approximate surface area is 189 Å². The number of rotatable bonds is 7. The molecule has 0 saturated carbocycles. The van der Waals surface area contributed by atoms with Gasteiger partial charge in [-0.3, -0.25) is 14.6 Å². The van der Waals surface area contributed by atoms with Gasteiger partial charge in [-0.1, -0.05) is 6.07 Å². The van der Waals surface area contributed by atoms with E-state index in [0.29, 0.717) is 19.0 Å². The van der Waals surface area contributed by atoms with Crippen LogP contribution in [0, 0.1) is 12.8 Å². The lowest BCUT2D eigenvalue weighted by atomic mass is 9.97. The van der Waals surface area contributed by atoms with Crippen LogP contribution >= 0.6 is 24.0 Å². The minimum absolute atomic E-state index is 0. The first-order chi connectivity index (χ1) is 13.5. The molecule has 2 N–H and O–H groups in total. The normalized spacial score (nSPS) is 14.7. The molecule has 2 heterocycles. The highest BCUT2D eigenvalue weighted by Crippen LogP contribution is 2.18. The van der Waals surface area contributed by atoms with Crippen molar-refractivity contribution < 1.29 is 14.3 Å². The third-order valence-electron chi connectivity index (χ3n) is 4.53. The molecule has 1 aliphatic rings. The maximum atomic E-state index is 12.1. The van der Waals surface area contributed by atoms with Gasteiger partial charge >= 0.3 is 5.97 Å². The number of nitrogens with zero attached hydrogens (tertiary/aromatic N) is 3. The second kappa shape index (κ2) is 13.3. The summed E-state index contributed by atoms with van der Waals surface area (Å²) >= 11 is 0. The Morgan fingerprint density at radius 2 is 2.00 bits per heavy atom. The van der Waals surface area contributed by atoms with Crippen LogP contribution in [0.2, 0.25) is 0 Å². The molecule has 0 bridgehead atoms. The SMILES string of the molecule is CCNC(=NCCC(=O)Nc1ccc(C)cn1)N1CCC(C(=O)OCC)CC1.I. The first kappa shape index (κ1) is 25.1. The van der Waals surface area contributed by atoms with Crippen LogP contribution in [0.1, 0.15) is 38.7 Å². The zero-order valence-corrected chi connectivity index (χ0v) is 19.8. The number of nitrogens with one attached hydrogen (secondary N) is 2. The predicted molar refractivity (Wildman–Crippen MR) is 125 cm³/mol. The van der Waals surface area contributed by atoms with Crippen molar-refractivity contribution in [2.75, 3.05) is 38.1 Å². The van der Waals surface area contributed by atoms with Crippen LogP contribution in [0.4, 0.5) is 5.82 Å². The molecule has 0 aliphatic carbocycles. The van der Waals surface area contributed by atoms with Gasteiger partial charge in [0.2, 0.25) is 5.91 Å². The quantitative estimate of drug-likeness (QED) is 0.250. The van der Waals surface area contributed by atoms with Crippen molar-refractivity contribution in [2.45, 2.75) is 40.0 Å². The standard InChI is InChI=1S/C20H31N5O3.HI/c1-4-21-20(25-12-9-16(10-13-25)19(27)28-5-2)22-11-8-18(26)24-17-7-6-15(3)14-23-17;/h6-7,14,16H,4-5,8-13H2,1-3H3,(H,21,22)(H,23,24,26);1H. The number of carbonyl (C=O) groups is 2. The Bertz CT molecular complexity index is 673. The molecular weight excluding hydrogens is 485 g/mol. The predicted octanol–water partition coefficient (Wildman–Crippen LogP) is 2.58. The lowest BCUT2D eigenvalue weighted by Gasteiger charge is -2.33. The van der Waals surface area contributed by atoms with Crippen LogP contribution in [-0.4, -0.2) is 60.5 Å². The number of carbonyl (C=O) groups excluding carboxylic acids is 2. The molecule has 2 rings (SSSR count). The molecule has 8 nitrogen and oxygen atoms in total. The molecule has 29 heavy (non-hydrogen) atoms. The number of piperidine rings is 1. The topological polar surface area (TPSA) is 95.9 Å². The molecule has 9 heteroatoms. The second-order valence-electron chi connectivity index (χ2n) is 6.77.